The van der Waals surface area contributed by atoms with Crippen LogP contribution in [0.4, 0.5) is 0 Å². The first-order valence-corrected chi connectivity index (χ1v) is 14.4. The second-order valence-corrected chi connectivity index (χ2v) is 11.1. The fraction of sp³-hybridized carbons (Fsp3) is 0.333. The molecular formula is C30H33N3O3S2. The number of aliphatic carboxylic acids is 1. The van der Waals surface area contributed by atoms with E-state index < -0.39 is 5.97 Å². The lowest BCUT2D eigenvalue weighted by molar-refractivity contribution is -0.137. The van der Waals surface area contributed by atoms with Gasteiger partial charge in [-0.15, -0.1) is 0 Å². The molecule has 1 aromatic heterocycles. The van der Waals surface area contributed by atoms with E-state index in [-0.39, 0.29) is 12.3 Å². The number of rotatable bonds is 14. The number of amides is 1. The average molecular weight is 548 g/mol. The van der Waals surface area contributed by atoms with Gasteiger partial charge in [0.05, 0.1) is 16.3 Å². The third kappa shape index (κ3) is 7.65. The smallest absolute Gasteiger partial charge is 0.303 e. The summed E-state index contributed by atoms with van der Waals surface area (Å²) >= 11 is 6.92. The highest BCUT2D eigenvalue weighted by Gasteiger charge is 2.32. The van der Waals surface area contributed by atoms with Gasteiger partial charge in [0.2, 0.25) is 0 Å². The molecule has 1 N–H and O–H groups in total. The van der Waals surface area contributed by atoms with Gasteiger partial charge in [0, 0.05) is 30.3 Å². The highest BCUT2D eigenvalue weighted by Crippen LogP contribution is 2.35. The standard InChI is InChI=1S/C30H33N3O3S2/c34-27(35)19-13-5-3-1-2-4-6-14-20-32-29(36)26(38-30(32)37)21-24-22-33(25-17-11-8-12-18-25)31-28(24)23-15-9-7-10-16-23/h7-12,15-18,21-22H,1-6,13-14,19-20H2,(H,34,35)/b26-21-. The number of carbonyl (C=O) groups excluding carboxylic acids is 1. The number of carbonyl (C=O) groups is 2. The number of benzene rings is 2. The van der Waals surface area contributed by atoms with Crippen molar-refractivity contribution in [2.75, 3.05) is 6.54 Å². The summed E-state index contributed by atoms with van der Waals surface area (Å²) < 4.78 is 2.46. The van der Waals surface area contributed by atoms with Gasteiger partial charge < -0.3 is 5.11 Å². The first-order valence-electron chi connectivity index (χ1n) is 13.2. The molecule has 198 valence electrons. The molecular weight excluding hydrogens is 514 g/mol. The van der Waals surface area contributed by atoms with Crippen LogP contribution in [0.2, 0.25) is 0 Å². The minimum Gasteiger partial charge on any atom is -0.481 e. The average Bonchev–Trinajstić information content (AvgIpc) is 3.46. The Morgan fingerprint density at radius 1 is 0.895 bits per heavy atom. The van der Waals surface area contributed by atoms with Crippen molar-refractivity contribution in [2.24, 2.45) is 0 Å². The molecule has 1 amide bonds. The molecule has 3 aromatic rings. The molecule has 2 aromatic carbocycles. The molecule has 4 rings (SSSR count). The molecule has 38 heavy (non-hydrogen) atoms. The predicted octanol–water partition coefficient (Wildman–Crippen LogP) is 7.34. The summed E-state index contributed by atoms with van der Waals surface area (Å²) in [7, 11) is 0. The van der Waals surface area contributed by atoms with E-state index in [4.69, 9.17) is 22.4 Å². The van der Waals surface area contributed by atoms with Gasteiger partial charge >= 0.3 is 5.97 Å². The normalized spacial score (nSPS) is 14.5. The number of hydrogen-bond donors (Lipinski definition) is 1. The lowest BCUT2D eigenvalue weighted by Crippen LogP contribution is -2.29. The van der Waals surface area contributed by atoms with E-state index in [9.17, 15) is 9.59 Å². The van der Waals surface area contributed by atoms with Gasteiger partial charge in [0.15, 0.2) is 0 Å². The highest BCUT2D eigenvalue weighted by atomic mass is 32.2. The van der Waals surface area contributed by atoms with Crippen LogP contribution in [-0.4, -0.2) is 42.5 Å². The van der Waals surface area contributed by atoms with Crippen LogP contribution in [0.3, 0.4) is 0 Å². The number of hydrogen-bond acceptors (Lipinski definition) is 5. The minimum absolute atomic E-state index is 0.0371. The highest BCUT2D eigenvalue weighted by molar-refractivity contribution is 8.26. The van der Waals surface area contributed by atoms with Crippen molar-refractivity contribution in [3.05, 3.63) is 77.3 Å². The van der Waals surface area contributed by atoms with E-state index in [2.05, 4.69) is 0 Å². The summed E-state index contributed by atoms with van der Waals surface area (Å²) in [4.78, 5) is 26.1. The SMILES string of the molecule is O=C(O)CCCCCCCCCCN1C(=O)/C(=C/c2cn(-c3ccccc3)nc2-c2ccccc2)SC1=S. The Balaban J connectivity index is 1.35. The second-order valence-electron chi connectivity index (χ2n) is 9.38. The van der Waals surface area contributed by atoms with Gasteiger partial charge in [-0.05, 0) is 31.1 Å². The van der Waals surface area contributed by atoms with E-state index in [1.807, 2.05) is 77.6 Å². The number of thioether (sulfide) groups is 1. The van der Waals surface area contributed by atoms with Crippen molar-refractivity contribution < 1.29 is 14.7 Å². The molecule has 8 heteroatoms. The van der Waals surface area contributed by atoms with E-state index >= 15 is 0 Å². The molecule has 0 unspecified atom stereocenters. The van der Waals surface area contributed by atoms with Crippen molar-refractivity contribution in [3.63, 3.8) is 0 Å². The maximum Gasteiger partial charge on any atom is 0.303 e. The molecule has 1 saturated heterocycles. The van der Waals surface area contributed by atoms with Crippen LogP contribution in [0, 0.1) is 0 Å². The lowest BCUT2D eigenvalue weighted by Gasteiger charge is -2.14. The number of unbranched alkanes of at least 4 members (excludes halogenated alkanes) is 7. The molecule has 0 atom stereocenters. The van der Waals surface area contributed by atoms with E-state index in [1.54, 1.807) is 4.90 Å². The van der Waals surface area contributed by atoms with Crippen molar-refractivity contribution in [2.45, 2.75) is 57.8 Å². The zero-order chi connectivity index (χ0) is 26.7. The summed E-state index contributed by atoms with van der Waals surface area (Å²) in [5, 5.41) is 13.5. The van der Waals surface area contributed by atoms with Crippen molar-refractivity contribution in [1.82, 2.24) is 14.7 Å². The molecule has 1 aliphatic rings. The van der Waals surface area contributed by atoms with Gasteiger partial charge in [0.25, 0.3) is 5.91 Å². The number of carboxylic acid groups (broad SMARTS) is 1. The Kier molecular flexibility index (Phi) is 10.3. The lowest BCUT2D eigenvalue weighted by atomic mass is 10.1. The van der Waals surface area contributed by atoms with Crippen molar-refractivity contribution >= 4 is 46.3 Å². The summed E-state index contributed by atoms with van der Waals surface area (Å²) in [5.41, 5.74) is 3.65. The van der Waals surface area contributed by atoms with Crippen LogP contribution in [0.5, 0.6) is 0 Å². The molecule has 0 radical (unpaired) electrons. The summed E-state index contributed by atoms with van der Waals surface area (Å²) in [5.74, 6) is -0.751. The van der Waals surface area contributed by atoms with E-state index in [1.165, 1.54) is 11.8 Å². The third-order valence-corrected chi connectivity index (χ3v) is 7.87. The monoisotopic (exact) mass is 547 g/mol. The topological polar surface area (TPSA) is 75.4 Å². The minimum atomic E-state index is -0.713. The Hall–Kier alpha value is -3.23. The number of nitrogens with zero attached hydrogens (tertiary/aromatic N) is 3. The van der Waals surface area contributed by atoms with E-state index in [0.29, 0.717) is 15.8 Å². The first-order chi connectivity index (χ1) is 18.5. The predicted molar refractivity (Wildman–Crippen MR) is 158 cm³/mol. The first kappa shape index (κ1) is 27.8. The molecule has 2 heterocycles. The Bertz CT molecular complexity index is 1270. The number of thiocarbonyl (C=S) groups is 1. The molecule has 1 aliphatic heterocycles. The zero-order valence-corrected chi connectivity index (χ0v) is 23.1. The molecule has 0 saturated carbocycles. The maximum absolute atomic E-state index is 13.2. The van der Waals surface area contributed by atoms with Gasteiger partial charge in [-0.25, -0.2) is 4.68 Å². The molecule has 0 aliphatic carbocycles. The molecule has 1 fully saturated rings. The Morgan fingerprint density at radius 2 is 1.50 bits per heavy atom. The van der Waals surface area contributed by atoms with Crippen molar-refractivity contribution in [1.29, 1.82) is 0 Å². The van der Waals surface area contributed by atoms with Crippen LogP contribution in [0.15, 0.2) is 71.8 Å². The van der Waals surface area contributed by atoms with Crippen LogP contribution in [0.1, 0.15) is 63.4 Å². The van der Waals surface area contributed by atoms with Gasteiger partial charge in [0.1, 0.15) is 4.32 Å². The number of para-hydroxylation sites is 1. The summed E-state index contributed by atoms with van der Waals surface area (Å²) in [6.45, 7) is 0.634. The summed E-state index contributed by atoms with van der Waals surface area (Å²) in [6, 6.07) is 19.9. The Morgan fingerprint density at radius 3 is 2.16 bits per heavy atom. The molecule has 6 nitrogen and oxygen atoms in total. The second kappa shape index (κ2) is 14.1. The van der Waals surface area contributed by atoms with Gasteiger partial charge in [-0.2, -0.15) is 5.10 Å². The number of carboxylic acids is 1. The molecule has 0 bridgehead atoms. The van der Waals surface area contributed by atoms with Crippen LogP contribution in [-0.2, 0) is 9.59 Å². The Labute approximate surface area is 233 Å². The van der Waals surface area contributed by atoms with E-state index in [0.717, 1.165) is 73.9 Å². The van der Waals surface area contributed by atoms with Gasteiger partial charge in [-0.3, -0.25) is 14.5 Å². The zero-order valence-electron chi connectivity index (χ0n) is 21.4. The quantitative estimate of drug-likeness (QED) is 0.129. The number of aromatic nitrogens is 2. The van der Waals surface area contributed by atoms with Gasteiger partial charge in [-0.1, -0.05) is 111 Å². The van der Waals surface area contributed by atoms with Crippen LogP contribution in [0.25, 0.3) is 23.0 Å². The fourth-order valence-electron chi connectivity index (χ4n) is 4.47. The third-order valence-electron chi connectivity index (χ3n) is 6.49. The fourth-order valence-corrected chi connectivity index (χ4v) is 5.77. The van der Waals surface area contributed by atoms with Crippen LogP contribution < -0.4 is 0 Å². The molecule has 0 spiro atoms. The summed E-state index contributed by atoms with van der Waals surface area (Å²) in [6.07, 6.45) is 12.3. The van der Waals surface area contributed by atoms with Crippen molar-refractivity contribution in [3.8, 4) is 16.9 Å². The largest absolute Gasteiger partial charge is 0.481 e. The maximum atomic E-state index is 13.2. The van der Waals surface area contributed by atoms with Crippen LogP contribution >= 0.6 is 24.0 Å².